The minimum atomic E-state index is -0.898. The van der Waals surface area contributed by atoms with Crippen LogP contribution in [0.15, 0.2) is 34.9 Å². The lowest BCUT2D eigenvalue weighted by Crippen LogP contribution is -2.47. The molecule has 126 valence electrons. The second-order valence-corrected chi connectivity index (χ2v) is 8.38. The molecule has 24 heavy (non-hydrogen) atoms. The van der Waals surface area contributed by atoms with E-state index in [0.29, 0.717) is 18.3 Å². The Morgan fingerprint density at radius 2 is 2.21 bits per heavy atom. The lowest BCUT2D eigenvalue weighted by molar-refractivity contribution is -0.118. The first-order valence-corrected chi connectivity index (χ1v) is 9.16. The van der Waals surface area contributed by atoms with Crippen LogP contribution >= 0.6 is 0 Å². The first-order chi connectivity index (χ1) is 11.4. The molecule has 0 bridgehead atoms. The SMILES string of the molecule is C[C@@H]1CC2=C3C=C[C@@]4(C)[C@@H](CC[C@@]4(O)CC#N)[C@@H]3CCC2=CC1=O. The molecule has 1 saturated carbocycles. The summed E-state index contributed by atoms with van der Waals surface area (Å²) in [4.78, 5) is 12.0. The van der Waals surface area contributed by atoms with E-state index in [4.69, 9.17) is 5.26 Å². The minimum absolute atomic E-state index is 0.0795. The second-order valence-electron chi connectivity index (χ2n) is 8.38. The van der Waals surface area contributed by atoms with E-state index in [1.54, 1.807) is 0 Å². The van der Waals surface area contributed by atoms with Crippen molar-refractivity contribution in [1.29, 1.82) is 5.26 Å². The largest absolute Gasteiger partial charge is 0.388 e. The van der Waals surface area contributed by atoms with Gasteiger partial charge < -0.3 is 5.11 Å². The van der Waals surface area contributed by atoms with Crippen molar-refractivity contribution >= 4 is 5.78 Å². The third kappa shape index (κ3) is 1.96. The maximum atomic E-state index is 12.0. The van der Waals surface area contributed by atoms with E-state index in [1.807, 2.05) is 13.0 Å². The van der Waals surface area contributed by atoms with Crippen LogP contribution in [0.5, 0.6) is 0 Å². The zero-order valence-electron chi connectivity index (χ0n) is 14.5. The number of hydrogen-bond acceptors (Lipinski definition) is 3. The van der Waals surface area contributed by atoms with Gasteiger partial charge in [-0.2, -0.15) is 5.26 Å². The third-order valence-corrected chi connectivity index (χ3v) is 7.28. The predicted octanol–water partition coefficient (Wildman–Crippen LogP) is 3.86. The molecule has 0 aromatic heterocycles. The predicted molar refractivity (Wildman–Crippen MR) is 91.8 cm³/mol. The van der Waals surface area contributed by atoms with Gasteiger partial charge in [-0.15, -0.1) is 0 Å². The number of ketones is 1. The van der Waals surface area contributed by atoms with Crippen LogP contribution in [-0.4, -0.2) is 16.5 Å². The van der Waals surface area contributed by atoms with E-state index in [9.17, 15) is 9.90 Å². The van der Waals surface area contributed by atoms with E-state index >= 15 is 0 Å². The Hall–Kier alpha value is -1.66. The Kier molecular flexibility index (Phi) is 3.41. The maximum Gasteiger partial charge on any atom is 0.159 e. The number of hydrogen-bond donors (Lipinski definition) is 1. The monoisotopic (exact) mass is 323 g/mol. The molecule has 4 aliphatic rings. The Balaban J connectivity index is 1.80. The summed E-state index contributed by atoms with van der Waals surface area (Å²) < 4.78 is 0. The molecular weight excluding hydrogens is 298 g/mol. The highest BCUT2D eigenvalue weighted by Crippen LogP contribution is 2.61. The van der Waals surface area contributed by atoms with Crippen LogP contribution in [0.4, 0.5) is 0 Å². The maximum absolute atomic E-state index is 12.0. The van der Waals surface area contributed by atoms with E-state index in [2.05, 4.69) is 25.1 Å². The van der Waals surface area contributed by atoms with Gasteiger partial charge in [-0.05, 0) is 66.7 Å². The van der Waals surface area contributed by atoms with E-state index < -0.39 is 5.60 Å². The Labute approximate surface area is 143 Å². The number of nitriles is 1. The molecule has 0 aromatic carbocycles. The average molecular weight is 323 g/mol. The molecular formula is C21H25NO2. The van der Waals surface area contributed by atoms with Gasteiger partial charge in [0.1, 0.15) is 0 Å². The summed E-state index contributed by atoms with van der Waals surface area (Å²) >= 11 is 0. The fourth-order valence-electron chi connectivity index (χ4n) is 5.68. The summed E-state index contributed by atoms with van der Waals surface area (Å²) in [7, 11) is 0. The number of allylic oxidation sites excluding steroid dienone is 5. The Bertz CT molecular complexity index is 737. The smallest absolute Gasteiger partial charge is 0.159 e. The number of aliphatic hydroxyl groups is 1. The normalized spacial score (nSPS) is 43.7. The van der Waals surface area contributed by atoms with Crippen LogP contribution in [0.2, 0.25) is 0 Å². The second kappa shape index (κ2) is 5.17. The molecule has 0 aliphatic heterocycles. The van der Waals surface area contributed by atoms with Gasteiger partial charge in [-0.1, -0.05) is 26.0 Å². The molecule has 0 aromatic rings. The molecule has 1 N–H and O–H groups in total. The standard InChI is InChI=1S/C21H25NO2/c1-13-11-17-14(12-19(13)23)3-4-16-15(17)5-7-20(2)18(16)6-8-21(20,24)9-10-22/h5,7,12-13,16,18,24H,3-4,6,8-9,11H2,1-2H3/t13-,16-,18+,20+,21-/m1/s1. The minimum Gasteiger partial charge on any atom is -0.388 e. The van der Waals surface area contributed by atoms with E-state index in [0.717, 1.165) is 25.7 Å². The van der Waals surface area contributed by atoms with Crippen molar-refractivity contribution in [3.05, 3.63) is 34.9 Å². The van der Waals surface area contributed by atoms with E-state index in [1.165, 1.54) is 16.7 Å². The summed E-state index contributed by atoms with van der Waals surface area (Å²) in [5.41, 5.74) is 2.81. The molecule has 3 heteroatoms. The molecule has 0 radical (unpaired) electrons. The van der Waals surface area contributed by atoms with Gasteiger partial charge in [0.2, 0.25) is 0 Å². The highest BCUT2D eigenvalue weighted by atomic mass is 16.3. The zero-order valence-corrected chi connectivity index (χ0v) is 14.5. The third-order valence-electron chi connectivity index (χ3n) is 7.28. The van der Waals surface area contributed by atoms with Gasteiger partial charge in [-0.25, -0.2) is 0 Å². The van der Waals surface area contributed by atoms with Crippen molar-refractivity contribution in [2.75, 3.05) is 0 Å². The summed E-state index contributed by atoms with van der Waals surface area (Å²) in [6, 6.07) is 2.19. The highest BCUT2D eigenvalue weighted by molar-refractivity contribution is 5.94. The van der Waals surface area contributed by atoms with Crippen LogP contribution in [0.1, 0.15) is 52.4 Å². The first kappa shape index (κ1) is 15.8. The molecule has 4 rings (SSSR count). The molecule has 0 amide bonds. The number of rotatable bonds is 1. The van der Waals surface area contributed by atoms with Crippen LogP contribution in [0.3, 0.4) is 0 Å². The van der Waals surface area contributed by atoms with Gasteiger partial charge in [0, 0.05) is 11.3 Å². The van der Waals surface area contributed by atoms with Crippen molar-refractivity contribution in [2.45, 2.75) is 58.0 Å². The topological polar surface area (TPSA) is 61.1 Å². The van der Waals surface area contributed by atoms with Gasteiger partial charge in [-0.3, -0.25) is 4.79 Å². The molecule has 0 unspecified atom stereocenters. The van der Waals surface area contributed by atoms with Crippen molar-refractivity contribution in [1.82, 2.24) is 0 Å². The van der Waals surface area contributed by atoms with Crippen LogP contribution < -0.4 is 0 Å². The van der Waals surface area contributed by atoms with Gasteiger partial charge in [0.05, 0.1) is 18.1 Å². The molecule has 3 nitrogen and oxygen atoms in total. The molecule has 0 saturated heterocycles. The molecule has 5 atom stereocenters. The Morgan fingerprint density at radius 1 is 1.42 bits per heavy atom. The summed E-state index contributed by atoms with van der Waals surface area (Å²) in [6.07, 6.45) is 11.0. The lowest BCUT2D eigenvalue weighted by Gasteiger charge is -2.48. The van der Waals surface area contributed by atoms with Gasteiger partial charge >= 0.3 is 0 Å². The van der Waals surface area contributed by atoms with Crippen molar-refractivity contribution in [2.24, 2.45) is 23.2 Å². The lowest BCUT2D eigenvalue weighted by atomic mass is 9.57. The zero-order chi connectivity index (χ0) is 17.1. The van der Waals surface area contributed by atoms with Crippen molar-refractivity contribution in [3.8, 4) is 6.07 Å². The van der Waals surface area contributed by atoms with E-state index in [-0.39, 0.29) is 23.5 Å². The molecule has 1 fully saturated rings. The van der Waals surface area contributed by atoms with Gasteiger partial charge in [0.15, 0.2) is 5.78 Å². The fourth-order valence-corrected chi connectivity index (χ4v) is 5.68. The van der Waals surface area contributed by atoms with Crippen molar-refractivity contribution < 1.29 is 9.90 Å². The number of nitrogens with zero attached hydrogens (tertiary/aromatic N) is 1. The molecule has 4 aliphatic carbocycles. The number of fused-ring (bicyclic) bond motifs is 4. The average Bonchev–Trinajstić information content (AvgIpc) is 2.81. The summed E-state index contributed by atoms with van der Waals surface area (Å²) in [6.45, 7) is 4.16. The van der Waals surface area contributed by atoms with Crippen LogP contribution in [0.25, 0.3) is 0 Å². The van der Waals surface area contributed by atoms with Crippen LogP contribution in [-0.2, 0) is 4.79 Å². The summed E-state index contributed by atoms with van der Waals surface area (Å²) in [5, 5.41) is 20.3. The van der Waals surface area contributed by atoms with Crippen molar-refractivity contribution in [3.63, 3.8) is 0 Å². The molecule has 0 heterocycles. The Morgan fingerprint density at radius 3 is 2.96 bits per heavy atom. The fraction of sp³-hybridized carbons (Fsp3) is 0.619. The number of carbonyl (C=O) groups excluding carboxylic acids is 1. The highest BCUT2D eigenvalue weighted by Gasteiger charge is 2.59. The molecule has 0 spiro atoms. The quantitative estimate of drug-likeness (QED) is 0.797. The first-order valence-electron chi connectivity index (χ1n) is 9.16. The number of carbonyl (C=O) groups is 1. The van der Waals surface area contributed by atoms with Gasteiger partial charge in [0.25, 0.3) is 0 Å². The van der Waals surface area contributed by atoms with Crippen LogP contribution in [0, 0.1) is 34.5 Å². The summed E-state index contributed by atoms with van der Waals surface area (Å²) in [5.74, 6) is 1.20.